The Hall–Kier alpha value is -1.13. The Kier molecular flexibility index (Phi) is 3.12. The van der Waals surface area contributed by atoms with Crippen LogP contribution in [0.2, 0.25) is 0 Å². The number of benzene rings is 1. The van der Waals surface area contributed by atoms with E-state index in [9.17, 15) is 12.9 Å². The molecule has 0 spiro atoms. The van der Waals surface area contributed by atoms with Crippen LogP contribution in [-0.4, -0.2) is 13.1 Å². The lowest BCUT2D eigenvalue weighted by molar-refractivity contribution is 0.211. The highest BCUT2D eigenvalue weighted by atomic mass is 19.4. The van der Waals surface area contributed by atoms with Crippen LogP contribution in [0.5, 0.6) is 5.75 Å². The molecule has 0 heterocycles. The van der Waals surface area contributed by atoms with Crippen molar-refractivity contribution in [2.24, 2.45) is 0 Å². The molecule has 1 aliphatic carbocycles. The Bertz CT molecular complexity index is 358. The first-order valence-electron chi connectivity index (χ1n) is 5.53. The van der Waals surface area contributed by atoms with E-state index in [0.717, 1.165) is 31.7 Å². The van der Waals surface area contributed by atoms with Crippen LogP contribution in [0.1, 0.15) is 25.7 Å². The molecular formula is C11H13BF3O-. The number of rotatable bonds is 3. The van der Waals surface area contributed by atoms with E-state index >= 15 is 0 Å². The van der Waals surface area contributed by atoms with Crippen LogP contribution in [0.25, 0.3) is 0 Å². The van der Waals surface area contributed by atoms with Gasteiger partial charge in [0.1, 0.15) is 0 Å². The van der Waals surface area contributed by atoms with Crippen LogP contribution in [0.4, 0.5) is 12.9 Å². The van der Waals surface area contributed by atoms with Gasteiger partial charge in [-0.1, -0.05) is 23.7 Å². The summed E-state index contributed by atoms with van der Waals surface area (Å²) in [6.45, 7) is -4.98. The maximum atomic E-state index is 12.7. The molecule has 0 unspecified atom stereocenters. The molecule has 16 heavy (non-hydrogen) atoms. The van der Waals surface area contributed by atoms with Crippen molar-refractivity contribution in [3.05, 3.63) is 24.3 Å². The quantitative estimate of drug-likeness (QED) is 0.723. The molecule has 1 fully saturated rings. The Morgan fingerprint density at radius 3 is 2.31 bits per heavy atom. The van der Waals surface area contributed by atoms with Crippen LogP contribution >= 0.6 is 0 Å². The van der Waals surface area contributed by atoms with Crippen LogP contribution in [0.3, 0.4) is 0 Å². The van der Waals surface area contributed by atoms with Gasteiger partial charge in [-0.2, -0.15) is 0 Å². The minimum absolute atomic E-state index is 0.0121. The molecule has 2 rings (SSSR count). The summed E-state index contributed by atoms with van der Waals surface area (Å²) in [5, 5.41) is 0. The first-order valence-corrected chi connectivity index (χ1v) is 5.53. The van der Waals surface area contributed by atoms with Crippen molar-refractivity contribution in [3.8, 4) is 5.75 Å². The largest absolute Gasteiger partial charge is 0.513 e. The minimum Gasteiger partial charge on any atom is -0.493 e. The normalized spacial score (nSPS) is 17.7. The van der Waals surface area contributed by atoms with Gasteiger partial charge in [-0.05, 0) is 31.7 Å². The monoisotopic (exact) mass is 229 g/mol. The summed E-state index contributed by atoms with van der Waals surface area (Å²) >= 11 is 0. The second-order valence-corrected chi connectivity index (χ2v) is 4.14. The first kappa shape index (κ1) is 11.4. The smallest absolute Gasteiger partial charge is 0.493 e. The lowest BCUT2D eigenvalue weighted by atomic mass is 9.79. The molecule has 1 aliphatic rings. The van der Waals surface area contributed by atoms with Crippen molar-refractivity contribution in [3.63, 3.8) is 0 Å². The summed E-state index contributed by atoms with van der Waals surface area (Å²) in [7, 11) is 0. The molecule has 1 saturated carbocycles. The molecule has 0 aliphatic heterocycles. The van der Waals surface area contributed by atoms with Crippen LogP contribution < -0.4 is 10.2 Å². The topological polar surface area (TPSA) is 9.23 Å². The van der Waals surface area contributed by atoms with Crippen LogP contribution in [0.15, 0.2) is 24.3 Å². The molecule has 1 nitrogen and oxygen atoms in total. The summed E-state index contributed by atoms with van der Waals surface area (Å²) in [6.07, 6.45) is 3.77. The number of hydrogen-bond acceptors (Lipinski definition) is 1. The average molecular weight is 229 g/mol. The lowest BCUT2D eigenvalue weighted by Crippen LogP contribution is -2.36. The molecule has 0 saturated heterocycles. The third-order valence-corrected chi connectivity index (χ3v) is 2.87. The van der Waals surface area contributed by atoms with Gasteiger partial charge in [0.05, 0.1) is 11.9 Å². The fraction of sp³-hybridized carbons (Fsp3) is 0.455. The molecule has 0 amide bonds. The van der Waals surface area contributed by atoms with E-state index in [1.54, 1.807) is 6.07 Å². The highest BCUT2D eigenvalue weighted by Gasteiger charge is 2.30. The van der Waals surface area contributed by atoms with Crippen molar-refractivity contribution in [2.45, 2.75) is 31.8 Å². The number of para-hydroxylation sites is 1. The predicted octanol–water partition coefficient (Wildman–Crippen LogP) is 3.06. The minimum atomic E-state index is -4.98. The number of ether oxygens (including phenoxy) is 1. The van der Waals surface area contributed by atoms with Gasteiger partial charge < -0.3 is 17.7 Å². The number of hydrogen-bond donors (Lipinski definition) is 0. The van der Waals surface area contributed by atoms with Crippen molar-refractivity contribution >= 4 is 12.4 Å². The fourth-order valence-electron chi connectivity index (χ4n) is 2.04. The van der Waals surface area contributed by atoms with Gasteiger partial charge in [0.2, 0.25) is 0 Å². The third-order valence-electron chi connectivity index (χ3n) is 2.87. The van der Waals surface area contributed by atoms with Crippen molar-refractivity contribution in [1.29, 1.82) is 0 Å². The molecule has 5 heteroatoms. The van der Waals surface area contributed by atoms with Crippen LogP contribution in [0, 0.1) is 0 Å². The van der Waals surface area contributed by atoms with E-state index in [2.05, 4.69) is 0 Å². The van der Waals surface area contributed by atoms with E-state index in [1.807, 2.05) is 0 Å². The van der Waals surface area contributed by atoms with Crippen molar-refractivity contribution in [2.75, 3.05) is 0 Å². The number of halogens is 3. The zero-order chi connectivity index (χ0) is 11.6. The molecule has 1 aromatic rings. The molecule has 88 valence electrons. The Morgan fingerprint density at radius 1 is 1.06 bits per heavy atom. The van der Waals surface area contributed by atoms with Gasteiger partial charge in [0, 0.05) is 0 Å². The van der Waals surface area contributed by atoms with Crippen molar-refractivity contribution < 1.29 is 17.7 Å². The summed E-state index contributed by atoms with van der Waals surface area (Å²) in [4.78, 5) is 0. The van der Waals surface area contributed by atoms with E-state index in [4.69, 9.17) is 4.74 Å². The molecule has 0 N–H and O–H groups in total. The second-order valence-electron chi connectivity index (χ2n) is 4.14. The van der Waals surface area contributed by atoms with Crippen LogP contribution in [-0.2, 0) is 0 Å². The maximum Gasteiger partial charge on any atom is 0.513 e. The maximum absolute atomic E-state index is 12.7. The van der Waals surface area contributed by atoms with Gasteiger partial charge in [-0.3, -0.25) is 0 Å². The fourth-order valence-corrected chi connectivity index (χ4v) is 2.04. The molecule has 0 radical (unpaired) electrons. The predicted molar refractivity (Wildman–Crippen MR) is 58.0 cm³/mol. The average Bonchev–Trinajstić information content (AvgIpc) is 2.70. The molecule has 0 aromatic heterocycles. The summed E-state index contributed by atoms with van der Waals surface area (Å²) < 4.78 is 43.5. The molecular weight excluding hydrogens is 216 g/mol. The van der Waals surface area contributed by atoms with Gasteiger partial charge in [-0.25, -0.2) is 0 Å². The highest BCUT2D eigenvalue weighted by Crippen LogP contribution is 2.25. The summed E-state index contributed by atoms with van der Waals surface area (Å²) in [6, 6.07) is 5.47. The Balaban J connectivity index is 2.19. The van der Waals surface area contributed by atoms with E-state index in [0.29, 0.717) is 0 Å². The zero-order valence-corrected chi connectivity index (χ0v) is 8.83. The van der Waals surface area contributed by atoms with E-state index in [1.165, 1.54) is 12.1 Å². The highest BCUT2D eigenvalue weighted by molar-refractivity contribution is 6.74. The molecule has 0 bridgehead atoms. The van der Waals surface area contributed by atoms with Crippen molar-refractivity contribution in [1.82, 2.24) is 0 Å². The van der Waals surface area contributed by atoms with E-state index < -0.39 is 12.4 Å². The van der Waals surface area contributed by atoms with Gasteiger partial charge >= 0.3 is 6.98 Å². The standard InChI is InChI=1S/C11H13BF3O/c13-12(14,15)10-7-3-4-8-11(10)16-9-5-1-2-6-9/h3-4,7-9H,1-2,5-6H2/q-1. The van der Waals surface area contributed by atoms with Gasteiger partial charge in [-0.15, -0.1) is 0 Å². The molecule has 0 atom stereocenters. The van der Waals surface area contributed by atoms with Gasteiger partial charge in [0.15, 0.2) is 0 Å². The summed E-state index contributed by atoms with van der Waals surface area (Å²) in [5.41, 5.74) is -0.616. The lowest BCUT2D eigenvalue weighted by Gasteiger charge is -2.22. The van der Waals surface area contributed by atoms with E-state index in [-0.39, 0.29) is 11.9 Å². The summed E-state index contributed by atoms with van der Waals surface area (Å²) in [5.74, 6) is -0.0121. The molecule has 1 aromatic carbocycles. The zero-order valence-electron chi connectivity index (χ0n) is 8.83. The Morgan fingerprint density at radius 2 is 1.69 bits per heavy atom. The second kappa shape index (κ2) is 4.40. The van der Waals surface area contributed by atoms with Gasteiger partial charge in [0.25, 0.3) is 0 Å². The first-order chi connectivity index (χ1) is 7.57. The Labute approximate surface area is 92.7 Å². The third kappa shape index (κ3) is 2.51. The SMILES string of the molecule is F[B-](F)(F)c1ccccc1OC1CCCC1.